The lowest BCUT2D eigenvalue weighted by Crippen LogP contribution is -2.40. The van der Waals surface area contributed by atoms with Crippen molar-refractivity contribution in [2.24, 2.45) is 10.9 Å². The van der Waals surface area contributed by atoms with Gasteiger partial charge in [-0.2, -0.15) is 0 Å². The van der Waals surface area contributed by atoms with Crippen LogP contribution in [0.4, 0.5) is 0 Å². The Morgan fingerprint density at radius 3 is 2.52 bits per heavy atom. The zero-order valence-electron chi connectivity index (χ0n) is 16.5. The largest absolute Gasteiger partial charge is 0.381 e. The summed E-state index contributed by atoms with van der Waals surface area (Å²) in [5.41, 5.74) is 0. The molecule has 1 fully saturated rings. The van der Waals surface area contributed by atoms with E-state index in [0.717, 1.165) is 64.1 Å². The van der Waals surface area contributed by atoms with Crippen molar-refractivity contribution in [1.82, 2.24) is 10.6 Å². The van der Waals surface area contributed by atoms with Crippen LogP contribution in [0.3, 0.4) is 0 Å². The van der Waals surface area contributed by atoms with Crippen LogP contribution in [-0.2, 0) is 9.47 Å². The van der Waals surface area contributed by atoms with Crippen molar-refractivity contribution in [3.05, 3.63) is 0 Å². The van der Waals surface area contributed by atoms with Crippen LogP contribution in [0, 0.1) is 5.92 Å². The predicted molar refractivity (Wildman–Crippen MR) is 117 cm³/mol. The van der Waals surface area contributed by atoms with Crippen LogP contribution in [-0.4, -0.2) is 52.0 Å². The molecule has 0 saturated carbocycles. The molecule has 5 nitrogen and oxygen atoms in total. The monoisotopic (exact) mass is 469 g/mol. The van der Waals surface area contributed by atoms with Crippen molar-refractivity contribution < 1.29 is 9.47 Å². The van der Waals surface area contributed by atoms with Gasteiger partial charge in [0.2, 0.25) is 0 Å². The summed E-state index contributed by atoms with van der Waals surface area (Å²) in [5.74, 6) is 1.67. The van der Waals surface area contributed by atoms with Crippen molar-refractivity contribution in [1.29, 1.82) is 0 Å². The molecule has 0 aromatic carbocycles. The first-order chi connectivity index (χ1) is 11.8. The Kier molecular flexibility index (Phi) is 17.3. The molecule has 1 aliphatic rings. The Morgan fingerprint density at radius 2 is 1.88 bits per heavy atom. The molecule has 150 valence electrons. The Morgan fingerprint density at radius 1 is 1.12 bits per heavy atom. The number of guanidine groups is 1. The highest BCUT2D eigenvalue weighted by Gasteiger charge is 2.13. The van der Waals surface area contributed by atoms with E-state index in [0.29, 0.717) is 6.10 Å². The van der Waals surface area contributed by atoms with E-state index in [1.165, 1.54) is 32.1 Å². The average molecular weight is 469 g/mol. The maximum atomic E-state index is 5.89. The van der Waals surface area contributed by atoms with E-state index in [1.807, 2.05) is 7.05 Å². The van der Waals surface area contributed by atoms with Gasteiger partial charge in [-0.15, -0.1) is 24.0 Å². The van der Waals surface area contributed by atoms with Gasteiger partial charge in [-0.05, 0) is 38.0 Å². The molecule has 1 heterocycles. The minimum Gasteiger partial charge on any atom is -0.381 e. The highest BCUT2D eigenvalue weighted by Crippen LogP contribution is 2.13. The van der Waals surface area contributed by atoms with E-state index < -0.39 is 0 Å². The van der Waals surface area contributed by atoms with Crippen LogP contribution in [0.1, 0.15) is 65.2 Å². The van der Waals surface area contributed by atoms with E-state index in [1.54, 1.807) is 0 Å². The molecule has 1 saturated heterocycles. The molecule has 1 atom stereocenters. The van der Waals surface area contributed by atoms with Gasteiger partial charge in [0, 0.05) is 40.0 Å². The minimum atomic E-state index is 0. The number of ether oxygens (including phenoxy) is 2. The van der Waals surface area contributed by atoms with Crippen molar-refractivity contribution in [3.63, 3.8) is 0 Å². The molecule has 0 radical (unpaired) electrons. The normalized spacial score (nSPS) is 17.0. The topological polar surface area (TPSA) is 54.9 Å². The molecule has 25 heavy (non-hydrogen) atoms. The highest BCUT2D eigenvalue weighted by molar-refractivity contribution is 14.0. The van der Waals surface area contributed by atoms with E-state index in [-0.39, 0.29) is 24.0 Å². The first kappa shape index (κ1) is 24.9. The number of hydrogen-bond donors (Lipinski definition) is 2. The molecule has 1 unspecified atom stereocenters. The fraction of sp³-hybridized carbons (Fsp3) is 0.947. The number of rotatable bonds is 12. The zero-order chi connectivity index (χ0) is 17.5. The van der Waals surface area contributed by atoms with Gasteiger partial charge in [0.05, 0.1) is 6.10 Å². The summed E-state index contributed by atoms with van der Waals surface area (Å²) in [7, 11) is 1.84. The second kappa shape index (κ2) is 17.3. The summed E-state index contributed by atoms with van der Waals surface area (Å²) in [6, 6.07) is 0. The van der Waals surface area contributed by atoms with Gasteiger partial charge in [0.25, 0.3) is 0 Å². The molecule has 0 amide bonds. The number of unbranched alkanes of at least 4 members (excludes halogenated alkanes) is 1. The molecule has 2 N–H and O–H groups in total. The smallest absolute Gasteiger partial charge is 0.190 e. The van der Waals surface area contributed by atoms with Crippen molar-refractivity contribution >= 4 is 29.9 Å². The number of nitrogens with one attached hydrogen (secondary N) is 2. The van der Waals surface area contributed by atoms with Gasteiger partial charge in [-0.25, -0.2) is 0 Å². The second-order valence-electron chi connectivity index (χ2n) is 6.71. The molecule has 6 heteroatoms. The van der Waals surface area contributed by atoms with Crippen LogP contribution in [0.5, 0.6) is 0 Å². The van der Waals surface area contributed by atoms with E-state index in [4.69, 9.17) is 9.47 Å². The van der Waals surface area contributed by atoms with Gasteiger partial charge in [0.15, 0.2) is 5.96 Å². The van der Waals surface area contributed by atoms with Gasteiger partial charge >= 0.3 is 0 Å². The summed E-state index contributed by atoms with van der Waals surface area (Å²) < 4.78 is 11.2. The molecule has 1 aliphatic heterocycles. The SMILES string of the molecule is CCCCC(CCC)CNC(=NC)NCCCOC1CCOCC1.I. The summed E-state index contributed by atoms with van der Waals surface area (Å²) in [5, 5.41) is 6.88. The second-order valence-corrected chi connectivity index (χ2v) is 6.71. The lowest BCUT2D eigenvalue weighted by molar-refractivity contribution is -0.0320. The van der Waals surface area contributed by atoms with Crippen molar-refractivity contribution in [3.8, 4) is 0 Å². The van der Waals surface area contributed by atoms with Crippen LogP contribution in [0.15, 0.2) is 4.99 Å². The Labute approximate surface area is 172 Å². The third kappa shape index (κ3) is 12.8. The van der Waals surface area contributed by atoms with Crippen molar-refractivity contribution in [2.75, 3.05) is 40.0 Å². The third-order valence-corrected chi connectivity index (χ3v) is 4.58. The molecule has 0 aromatic rings. The summed E-state index contributed by atoms with van der Waals surface area (Å²) in [4.78, 5) is 4.32. The molecule has 0 bridgehead atoms. The van der Waals surface area contributed by atoms with E-state index in [2.05, 4.69) is 29.5 Å². The summed E-state index contributed by atoms with van der Waals surface area (Å²) in [6.45, 7) is 8.95. The van der Waals surface area contributed by atoms with Crippen LogP contribution in [0.2, 0.25) is 0 Å². The van der Waals surface area contributed by atoms with Crippen LogP contribution < -0.4 is 10.6 Å². The fourth-order valence-corrected chi connectivity index (χ4v) is 3.08. The van der Waals surface area contributed by atoms with Gasteiger partial charge in [-0.1, -0.05) is 33.1 Å². The predicted octanol–water partition coefficient (Wildman–Crippen LogP) is 3.96. The molecular weight excluding hydrogens is 429 g/mol. The highest BCUT2D eigenvalue weighted by atomic mass is 127. The summed E-state index contributed by atoms with van der Waals surface area (Å²) >= 11 is 0. The maximum absolute atomic E-state index is 5.89. The van der Waals surface area contributed by atoms with Crippen LogP contribution in [0.25, 0.3) is 0 Å². The lowest BCUT2D eigenvalue weighted by Gasteiger charge is -2.22. The number of nitrogens with zero attached hydrogens (tertiary/aromatic N) is 1. The first-order valence-electron chi connectivity index (χ1n) is 9.94. The standard InChI is InChI=1S/C19H39N3O2.HI/c1-4-6-9-17(8-5-2)16-22-19(20-3)21-12-7-13-24-18-10-14-23-15-11-18;/h17-18H,4-16H2,1-3H3,(H2,20,21,22);1H. The number of hydrogen-bond acceptors (Lipinski definition) is 3. The van der Waals surface area contributed by atoms with Crippen LogP contribution >= 0.6 is 24.0 Å². The molecule has 0 aliphatic carbocycles. The quantitative estimate of drug-likeness (QED) is 0.197. The number of aliphatic imine (C=N–C) groups is 1. The third-order valence-electron chi connectivity index (χ3n) is 4.58. The first-order valence-corrected chi connectivity index (χ1v) is 9.94. The number of halogens is 1. The fourth-order valence-electron chi connectivity index (χ4n) is 3.08. The minimum absolute atomic E-state index is 0. The van der Waals surface area contributed by atoms with Gasteiger partial charge < -0.3 is 20.1 Å². The lowest BCUT2D eigenvalue weighted by atomic mass is 9.97. The van der Waals surface area contributed by atoms with Crippen molar-refractivity contribution in [2.45, 2.75) is 71.3 Å². The molecule has 0 aromatic heterocycles. The maximum Gasteiger partial charge on any atom is 0.190 e. The molecular formula is C19H40IN3O2. The Hall–Kier alpha value is -0.0800. The Bertz CT molecular complexity index is 324. The van der Waals surface area contributed by atoms with E-state index >= 15 is 0 Å². The molecule has 1 rings (SSSR count). The van der Waals surface area contributed by atoms with Gasteiger partial charge in [-0.3, -0.25) is 4.99 Å². The molecule has 0 spiro atoms. The van der Waals surface area contributed by atoms with Gasteiger partial charge in [0.1, 0.15) is 0 Å². The summed E-state index contributed by atoms with van der Waals surface area (Å²) in [6.07, 6.45) is 9.93. The average Bonchev–Trinajstić information content (AvgIpc) is 2.62. The van der Waals surface area contributed by atoms with E-state index in [9.17, 15) is 0 Å². The Balaban J connectivity index is 0.00000576. The zero-order valence-corrected chi connectivity index (χ0v) is 18.8.